The number of allylic oxidation sites excluding steroid dienone is 1. The average molecular weight is 253 g/mol. The number of piperidine rings is 1. The number of unbranched alkanes of at least 4 members (excludes halogenated alkanes) is 1. The van der Waals surface area contributed by atoms with E-state index in [0.29, 0.717) is 6.10 Å². The van der Waals surface area contributed by atoms with Crippen molar-refractivity contribution in [2.45, 2.75) is 90.3 Å². The topological polar surface area (TPSA) is 12.5 Å². The van der Waals surface area contributed by atoms with E-state index in [4.69, 9.17) is 4.84 Å². The SMILES string of the molecule is C=CCCCC(C)ON1C(C)(C)CCCC1(C)C. The van der Waals surface area contributed by atoms with Gasteiger partial charge in [-0.05, 0) is 73.1 Å². The molecule has 1 atom stereocenters. The predicted molar refractivity (Wildman–Crippen MR) is 78.4 cm³/mol. The second-order valence-corrected chi connectivity index (χ2v) is 6.91. The summed E-state index contributed by atoms with van der Waals surface area (Å²) in [5.41, 5.74) is 0.295. The van der Waals surface area contributed by atoms with E-state index in [1.165, 1.54) is 25.7 Å². The standard InChI is InChI=1S/C16H31NO/c1-7-8-9-11-14(2)18-17-15(3,4)12-10-13-16(17,5)6/h7,14H,1,8-13H2,2-6H3. The number of hydrogen-bond acceptors (Lipinski definition) is 2. The molecule has 0 aromatic rings. The Morgan fingerprint density at radius 1 is 1.22 bits per heavy atom. The summed E-state index contributed by atoms with van der Waals surface area (Å²) in [6.07, 6.45) is 9.37. The third kappa shape index (κ3) is 4.10. The number of hydroxylamine groups is 2. The minimum Gasteiger partial charge on any atom is -0.295 e. The maximum Gasteiger partial charge on any atom is 0.0765 e. The lowest BCUT2D eigenvalue weighted by molar-refractivity contribution is -0.302. The first-order valence-electron chi connectivity index (χ1n) is 7.37. The third-order valence-corrected chi connectivity index (χ3v) is 3.98. The molecule has 2 heteroatoms. The summed E-state index contributed by atoms with van der Waals surface area (Å²) < 4.78 is 0. The molecule has 1 saturated heterocycles. The Kier molecular flexibility index (Phi) is 5.42. The van der Waals surface area contributed by atoms with E-state index in [0.717, 1.165) is 12.8 Å². The number of nitrogens with zero attached hydrogens (tertiary/aromatic N) is 1. The Hall–Kier alpha value is -0.340. The zero-order valence-electron chi connectivity index (χ0n) is 13.0. The van der Waals surface area contributed by atoms with Crippen molar-refractivity contribution in [3.8, 4) is 0 Å². The van der Waals surface area contributed by atoms with Crippen molar-refractivity contribution in [3.63, 3.8) is 0 Å². The van der Waals surface area contributed by atoms with Gasteiger partial charge in [0.2, 0.25) is 0 Å². The van der Waals surface area contributed by atoms with Crippen molar-refractivity contribution in [1.82, 2.24) is 5.06 Å². The molecule has 1 heterocycles. The molecule has 0 aliphatic carbocycles. The van der Waals surface area contributed by atoms with E-state index in [1.54, 1.807) is 0 Å². The molecule has 0 bridgehead atoms. The second-order valence-electron chi connectivity index (χ2n) is 6.91. The molecule has 0 saturated carbocycles. The molecule has 0 aromatic heterocycles. The smallest absolute Gasteiger partial charge is 0.0765 e. The van der Waals surface area contributed by atoms with Gasteiger partial charge in [-0.3, -0.25) is 4.84 Å². The van der Waals surface area contributed by atoms with Crippen LogP contribution in [0, 0.1) is 0 Å². The Balaban J connectivity index is 2.57. The molecule has 1 rings (SSSR count). The quantitative estimate of drug-likeness (QED) is 0.502. The van der Waals surface area contributed by atoms with Crippen molar-refractivity contribution in [3.05, 3.63) is 12.7 Å². The Labute approximate surface area is 113 Å². The fourth-order valence-corrected chi connectivity index (χ4v) is 3.04. The lowest BCUT2D eigenvalue weighted by Crippen LogP contribution is -2.59. The van der Waals surface area contributed by atoms with Gasteiger partial charge in [-0.2, -0.15) is 5.06 Å². The van der Waals surface area contributed by atoms with Gasteiger partial charge in [0.25, 0.3) is 0 Å². The maximum atomic E-state index is 6.27. The monoisotopic (exact) mass is 253 g/mol. The van der Waals surface area contributed by atoms with E-state index in [9.17, 15) is 0 Å². The van der Waals surface area contributed by atoms with Crippen LogP contribution >= 0.6 is 0 Å². The highest BCUT2D eigenvalue weighted by molar-refractivity contribution is 4.93. The van der Waals surface area contributed by atoms with Crippen LogP contribution in [0.2, 0.25) is 0 Å². The van der Waals surface area contributed by atoms with Crippen LogP contribution in [0.15, 0.2) is 12.7 Å². The molecule has 0 radical (unpaired) electrons. The van der Waals surface area contributed by atoms with E-state index in [2.05, 4.69) is 46.3 Å². The molecule has 18 heavy (non-hydrogen) atoms. The van der Waals surface area contributed by atoms with E-state index in [1.807, 2.05) is 6.08 Å². The Morgan fingerprint density at radius 2 is 1.78 bits per heavy atom. The van der Waals surface area contributed by atoms with Gasteiger partial charge in [0.15, 0.2) is 0 Å². The lowest BCUT2D eigenvalue weighted by Gasteiger charge is -2.52. The summed E-state index contributed by atoms with van der Waals surface area (Å²) in [4.78, 5) is 6.27. The molecule has 0 aromatic carbocycles. The van der Waals surface area contributed by atoms with Crippen LogP contribution in [0.5, 0.6) is 0 Å². The van der Waals surface area contributed by atoms with Gasteiger partial charge in [0.05, 0.1) is 6.10 Å². The van der Waals surface area contributed by atoms with Gasteiger partial charge < -0.3 is 0 Å². The highest BCUT2D eigenvalue weighted by atomic mass is 16.7. The lowest BCUT2D eigenvalue weighted by atomic mass is 9.82. The fraction of sp³-hybridized carbons (Fsp3) is 0.875. The van der Waals surface area contributed by atoms with Gasteiger partial charge in [0.1, 0.15) is 0 Å². The van der Waals surface area contributed by atoms with Gasteiger partial charge in [-0.1, -0.05) is 6.08 Å². The second kappa shape index (κ2) is 6.21. The number of rotatable bonds is 6. The van der Waals surface area contributed by atoms with Gasteiger partial charge >= 0.3 is 0 Å². The molecule has 2 nitrogen and oxygen atoms in total. The largest absolute Gasteiger partial charge is 0.295 e. The van der Waals surface area contributed by atoms with Crippen LogP contribution in [0.25, 0.3) is 0 Å². The highest BCUT2D eigenvalue weighted by Gasteiger charge is 2.43. The molecule has 1 unspecified atom stereocenters. The Morgan fingerprint density at radius 3 is 2.28 bits per heavy atom. The van der Waals surface area contributed by atoms with Crippen LogP contribution < -0.4 is 0 Å². The van der Waals surface area contributed by atoms with E-state index < -0.39 is 0 Å². The first kappa shape index (κ1) is 15.7. The normalized spacial score (nSPS) is 24.7. The summed E-state index contributed by atoms with van der Waals surface area (Å²) in [7, 11) is 0. The van der Waals surface area contributed by atoms with Crippen LogP contribution in [-0.2, 0) is 4.84 Å². The fourth-order valence-electron chi connectivity index (χ4n) is 3.04. The van der Waals surface area contributed by atoms with Crippen molar-refractivity contribution in [2.75, 3.05) is 0 Å². The zero-order valence-corrected chi connectivity index (χ0v) is 13.0. The molecule has 0 amide bonds. The third-order valence-electron chi connectivity index (χ3n) is 3.98. The van der Waals surface area contributed by atoms with Crippen LogP contribution in [0.1, 0.15) is 73.1 Å². The summed E-state index contributed by atoms with van der Waals surface area (Å²) in [5, 5.41) is 2.27. The molecule has 106 valence electrons. The highest BCUT2D eigenvalue weighted by Crippen LogP contribution is 2.39. The summed E-state index contributed by atoms with van der Waals surface area (Å²) in [6.45, 7) is 15.1. The van der Waals surface area contributed by atoms with Gasteiger partial charge in [-0.15, -0.1) is 6.58 Å². The van der Waals surface area contributed by atoms with Crippen LogP contribution in [-0.4, -0.2) is 22.2 Å². The van der Waals surface area contributed by atoms with Gasteiger partial charge in [0, 0.05) is 11.1 Å². The first-order chi connectivity index (χ1) is 8.29. The van der Waals surface area contributed by atoms with Crippen molar-refractivity contribution in [2.24, 2.45) is 0 Å². The molecule has 0 spiro atoms. The Bertz CT molecular complexity index is 254. The average Bonchev–Trinajstić information content (AvgIpc) is 2.23. The summed E-state index contributed by atoms with van der Waals surface area (Å²) >= 11 is 0. The van der Waals surface area contributed by atoms with Gasteiger partial charge in [-0.25, -0.2) is 0 Å². The van der Waals surface area contributed by atoms with E-state index >= 15 is 0 Å². The van der Waals surface area contributed by atoms with Crippen LogP contribution in [0.3, 0.4) is 0 Å². The first-order valence-corrected chi connectivity index (χ1v) is 7.37. The predicted octanol–water partition coefficient (Wildman–Crippen LogP) is 4.71. The summed E-state index contributed by atoms with van der Waals surface area (Å²) in [6, 6.07) is 0. The maximum absolute atomic E-state index is 6.27. The molecule has 1 fully saturated rings. The van der Waals surface area contributed by atoms with Crippen LogP contribution in [0.4, 0.5) is 0 Å². The minimum absolute atomic E-state index is 0.147. The zero-order chi connectivity index (χ0) is 13.8. The molecular formula is C16H31NO. The minimum atomic E-state index is 0.147. The van der Waals surface area contributed by atoms with Crippen molar-refractivity contribution < 1.29 is 4.84 Å². The molecule has 0 N–H and O–H groups in total. The molecular weight excluding hydrogens is 222 g/mol. The molecule has 1 aliphatic rings. The van der Waals surface area contributed by atoms with E-state index in [-0.39, 0.29) is 11.1 Å². The number of hydrogen-bond donors (Lipinski definition) is 0. The summed E-state index contributed by atoms with van der Waals surface area (Å²) in [5.74, 6) is 0. The van der Waals surface area contributed by atoms with Crippen molar-refractivity contribution >= 4 is 0 Å². The molecule has 1 aliphatic heterocycles. The van der Waals surface area contributed by atoms with Crippen molar-refractivity contribution in [1.29, 1.82) is 0 Å².